The normalized spacial score (nSPS) is 11.2. The number of rotatable bonds is 3. The first kappa shape index (κ1) is 15.3. The van der Waals surface area contributed by atoms with Gasteiger partial charge < -0.3 is 5.32 Å². The van der Waals surface area contributed by atoms with Crippen LogP contribution in [-0.4, -0.2) is 10.9 Å². The molecule has 1 N–H and O–H groups in total. The van der Waals surface area contributed by atoms with Gasteiger partial charge in [0.05, 0.1) is 12.0 Å². The number of hydrogen-bond acceptors (Lipinski definition) is 2. The van der Waals surface area contributed by atoms with Crippen LogP contribution < -0.4 is 5.32 Å². The maximum atomic E-state index is 12.4. The summed E-state index contributed by atoms with van der Waals surface area (Å²) in [5.74, 6) is -0.299. The van der Waals surface area contributed by atoms with Crippen molar-refractivity contribution in [2.45, 2.75) is 12.6 Å². The minimum atomic E-state index is -4.45. The van der Waals surface area contributed by atoms with E-state index >= 15 is 0 Å². The zero-order valence-electron chi connectivity index (χ0n) is 10.6. The van der Waals surface area contributed by atoms with Gasteiger partial charge in [-0.3, -0.25) is 4.79 Å². The average Bonchev–Trinajstić information content (AvgIpc) is 2.41. The van der Waals surface area contributed by atoms with Crippen LogP contribution in [0.5, 0.6) is 0 Å². The lowest BCUT2D eigenvalue weighted by molar-refractivity contribution is -0.137. The number of benzene rings is 1. The largest absolute Gasteiger partial charge is 0.417 e. The fourth-order valence-corrected chi connectivity index (χ4v) is 1.74. The molecule has 2 aromatic rings. The highest BCUT2D eigenvalue weighted by molar-refractivity contribution is 6.30. The minimum Gasteiger partial charge on any atom is -0.310 e. The molecule has 0 spiro atoms. The summed E-state index contributed by atoms with van der Waals surface area (Å²) in [6.07, 6.45) is -3.68. The Kier molecular flexibility index (Phi) is 4.47. The van der Waals surface area contributed by atoms with Crippen molar-refractivity contribution in [3.8, 4) is 0 Å². The van der Waals surface area contributed by atoms with Gasteiger partial charge in [0.15, 0.2) is 0 Å². The van der Waals surface area contributed by atoms with E-state index in [0.29, 0.717) is 11.2 Å². The number of carbonyl (C=O) groups excluding carboxylic acids is 1. The number of carbonyl (C=O) groups is 1. The van der Waals surface area contributed by atoms with Crippen LogP contribution in [0.4, 0.5) is 19.0 Å². The summed E-state index contributed by atoms with van der Waals surface area (Å²) >= 11 is 5.73. The van der Waals surface area contributed by atoms with E-state index in [-0.39, 0.29) is 18.1 Å². The third-order valence-corrected chi connectivity index (χ3v) is 2.89. The van der Waals surface area contributed by atoms with Crippen molar-refractivity contribution < 1.29 is 18.0 Å². The van der Waals surface area contributed by atoms with Crippen LogP contribution in [-0.2, 0) is 17.4 Å². The predicted octanol–water partition coefficient (Wildman–Crippen LogP) is 3.94. The van der Waals surface area contributed by atoms with Crippen LogP contribution >= 0.6 is 11.6 Å². The Morgan fingerprint density at radius 1 is 1.14 bits per heavy atom. The standard InChI is InChI=1S/C14H10ClF3N2O/c15-11-4-1-9(2-5-11)7-13(21)20-12-6-3-10(8-19-12)14(16,17)18/h1-6,8H,7H2,(H,19,20,21). The van der Waals surface area contributed by atoms with E-state index in [1.165, 1.54) is 0 Å². The second kappa shape index (κ2) is 6.13. The second-order valence-electron chi connectivity index (χ2n) is 4.28. The Morgan fingerprint density at radius 3 is 2.33 bits per heavy atom. The van der Waals surface area contributed by atoms with Crippen molar-refractivity contribution in [1.82, 2.24) is 4.98 Å². The molecule has 21 heavy (non-hydrogen) atoms. The molecule has 1 heterocycles. The first-order valence-corrected chi connectivity index (χ1v) is 6.30. The summed E-state index contributed by atoms with van der Waals surface area (Å²) in [6.45, 7) is 0. The van der Waals surface area contributed by atoms with Gasteiger partial charge in [-0.2, -0.15) is 13.2 Å². The van der Waals surface area contributed by atoms with E-state index in [4.69, 9.17) is 11.6 Å². The van der Waals surface area contributed by atoms with E-state index in [1.807, 2.05) is 0 Å². The molecule has 0 fully saturated rings. The number of hydrogen-bond donors (Lipinski definition) is 1. The molecule has 0 saturated carbocycles. The molecule has 3 nitrogen and oxygen atoms in total. The molecule has 7 heteroatoms. The first-order valence-electron chi connectivity index (χ1n) is 5.92. The Balaban J connectivity index is 1.98. The predicted molar refractivity (Wildman–Crippen MR) is 73.0 cm³/mol. The molecule has 1 amide bonds. The highest BCUT2D eigenvalue weighted by atomic mass is 35.5. The monoisotopic (exact) mass is 314 g/mol. The van der Waals surface area contributed by atoms with Gasteiger partial charge in [-0.05, 0) is 29.8 Å². The summed E-state index contributed by atoms with van der Waals surface area (Å²) in [6, 6.07) is 8.68. The summed E-state index contributed by atoms with van der Waals surface area (Å²) in [7, 11) is 0. The molecule has 0 radical (unpaired) electrons. The molecule has 1 aromatic carbocycles. The molecule has 0 bridgehead atoms. The Bertz CT molecular complexity index is 624. The van der Waals surface area contributed by atoms with Crippen molar-refractivity contribution in [2.75, 3.05) is 5.32 Å². The summed E-state index contributed by atoms with van der Waals surface area (Å²) in [5, 5.41) is 2.99. The highest BCUT2D eigenvalue weighted by Crippen LogP contribution is 2.28. The van der Waals surface area contributed by atoms with E-state index in [2.05, 4.69) is 10.3 Å². The zero-order chi connectivity index (χ0) is 15.5. The Hall–Kier alpha value is -2.08. The summed E-state index contributed by atoms with van der Waals surface area (Å²) in [4.78, 5) is 15.3. The van der Waals surface area contributed by atoms with Crippen LogP contribution in [0.25, 0.3) is 0 Å². The quantitative estimate of drug-likeness (QED) is 0.932. The fraction of sp³-hybridized carbons (Fsp3) is 0.143. The number of pyridine rings is 1. The Labute approximate surface area is 123 Å². The number of amides is 1. The fourth-order valence-electron chi connectivity index (χ4n) is 1.61. The molecule has 0 atom stereocenters. The highest BCUT2D eigenvalue weighted by Gasteiger charge is 2.30. The van der Waals surface area contributed by atoms with E-state index in [9.17, 15) is 18.0 Å². The SMILES string of the molecule is O=C(Cc1ccc(Cl)cc1)Nc1ccc(C(F)(F)F)cn1. The van der Waals surface area contributed by atoms with Gasteiger partial charge in [-0.1, -0.05) is 23.7 Å². The van der Waals surface area contributed by atoms with Crippen LogP contribution in [0.2, 0.25) is 5.02 Å². The van der Waals surface area contributed by atoms with Gasteiger partial charge in [0.1, 0.15) is 5.82 Å². The number of alkyl halides is 3. The van der Waals surface area contributed by atoms with Crippen molar-refractivity contribution >= 4 is 23.3 Å². The second-order valence-corrected chi connectivity index (χ2v) is 4.72. The van der Waals surface area contributed by atoms with Gasteiger partial charge >= 0.3 is 6.18 Å². The lowest BCUT2D eigenvalue weighted by Crippen LogP contribution is -2.15. The van der Waals surface area contributed by atoms with Crippen LogP contribution in [0, 0.1) is 0 Å². The molecule has 2 rings (SSSR count). The molecule has 0 aliphatic carbocycles. The number of anilines is 1. The third-order valence-electron chi connectivity index (χ3n) is 2.64. The molecular weight excluding hydrogens is 305 g/mol. The molecule has 0 aliphatic rings. The van der Waals surface area contributed by atoms with Gasteiger partial charge in [0, 0.05) is 11.2 Å². The maximum absolute atomic E-state index is 12.4. The van der Waals surface area contributed by atoms with Crippen molar-refractivity contribution in [2.24, 2.45) is 0 Å². The summed E-state index contributed by atoms with van der Waals surface area (Å²) < 4.78 is 37.1. The number of aromatic nitrogens is 1. The maximum Gasteiger partial charge on any atom is 0.417 e. The third kappa shape index (κ3) is 4.46. The van der Waals surface area contributed by atoms with Crippen molar-refractivity contribution in [3.05, 3.63) is 58.7 Å². The van der Waals surface area contributed by atoms with Gasteiger partial charge in [0.25, 0.3) is 0 Å². The van der Waals surface area contributed by atoms with Gasteiger partial charge in [-0.15, -0.1) is 0 Å². The van der Waals surface area contributed by atoms with E-state index in [1.54, 1.807) is 24.3 Å². The Morgan fingerprint density at radius 2 is 1.81 bits per heavy atom. The molecule has 0 aliphatic heterocycles. The molecule has 1 aromatic heterocycles. The number of nitrogens with zero attached hydrogens (tertiary/aromatic N) is 1. The van der Waals surface area contributed by atoms with Gasteiger partial charge in [-0.25, -0.2) is 4.98 Å². The van der Waals surface area contributed by atoms with Crippen molar-refractivity contribution in [3.63, 3.8) is 0 Å². The summed E-state index contributed by atoms with van der Waals surface area (Å²) in [5.41, 5.74) is -0.123. The zero-order valence-corrected chi connectivity index (χ0v) is 11.4. The van der Waals surface area contributed by atoms with E-state index < -0.39 is 11.7 Å². The lowest BCUT2D eigenvalue weighted by atomic mass is 10.1. The average molecular weight is 315 g/mol. The first-order chi connectivity index (χ1) is 9.84. The molecule has 110 valence electrons. The van der Waals surface area contributed by atoms with Crippen molar-refractivity contribution in [1.29, 1.82) is 0 Å². The molecule has 0 unspecified atom stereocenters. The van der Waals surface area contributed by atoms with Gasteiger partial charge in [0.2, 0.25) is 5.91 Å². The van der Waals surface area contributed by atoms with Crippen LogP contribution in [0.3, 0.4) is 0 Å². The topological polar surface area (TPSA) is 42.0 Å². The molecule has 0 saturated heterocycles. The van der Waals surface area contributed by atoms with E-state index in [0.717, 1.165) is 17.7 Å². The number of halogens is 4. The minimum absolute atomic E-state index is 0.0713. The number of nitrogens with one attached hydrogen (secondary N) is 1. The van der Waals surface area contributed by atoms with Crippen LogP contribution in [0.15, 0.2) is 42.6 Å². The van der Waals surface area contributed by atoms with Crippen LogP contribution in [0.1, 0.15) is 11.1 Å². The lowest BCUT2D eigenvalue weighted by Gasteiger charge is -2.08. The smallest absolute Gasteiger partial charge is 0.310 e. The molecular formula is C14H10ClF3N2O.